The first-order valence-electron chi connectivity index (χ1n) is 11.2. The number of carboxylic acid groups (broad SMARTS) is 2. The van der Waals surface area contributed by atoms with Gasteiger partial charge in [0.05, 0.1) is 0 Å². The lowest BCUT2D eigenvalue weighted by Gasteiger charge is -2.49. The fraction of sp³-hybridized carbons (Fsp3) is 0.381. The van der Waals surface area contributed by atoms with Gasteiger partial charge >= 0.3 is 18.1 Å². The molecule has 0 aliphatic carbocycles. The van der Waals surface area contributed by atoms with Crippen molar-refractivity contribution in [2.75, 3.05) is 31.2 Å². The van der Waals surface area contributed by atoms with Gasteiger partial charge in [0.2, 0.25) is 12.5 Å². The smallest absolute Gasteiger partial charge is 0.406 e. The van der Waals surface area contributed by atoms with Gasteiger partial charge in [0, 0.05) is 23.3 Å². The van der Waals surface area contributed by atoms with Crippen LogP contribution in [0.3, 0.4) is 0 Å². The van der Waals surface area contributed by atoms with Crippen molar-refractivity contribution in [1.82, 2.24) is 20.1 Å². The lowest BCUT2D eigenvalue weighted by atomic mass is 10.0. The number of alkyl halides is 3. The molecule has 0 unspecified atom stereocenters. The van der Waals surface area contributed by atoms with Crippen molar-refractivity contribution in [3.05, 3.63) is 34.0 Å². The van der Waals surface area contributed by atoms with E-state index in [9.17, 15) is 42.3 Å². The molecule has 3 aliphatic rings. The minimum absolute atomic E-state index is 0.0142. The van der Waals surface area contributed by atoms with E-state index >= 15 is 0 Å². The third-order valence-electron chi connectivity index (χ3n) is 5.74. The highest BCUT2D eigenvalue weighted by molar-refractivity contribution is 8.00. The van der Waals surface area contributed by atoms with Crippen LogP contribution in [0.4, 0.5) is 18.3 Å². The minimum atomic E-state index is -4.59. The number of fused-ring (bicyclic) bond motifs is 1. The number of hydrogen-bond acceptors (Lipinski definition) is 11. The predicted octanol–water partition coefficient (Wildman–Crippen LogP) is -0.00980. The minimum Gasteiger partial charge on any atom is -0.479 e. The number of carboxylic acids is 2. The highest BCUT2D eigenvalue weighted by Gasteiger charge is 2.54. The van der Waals surface area contributed by atoms with Gasteiger partial charge in [-0.15, -0.1) is 23.1 Å². The Bertz CT molecular complexity index is 1370. The van der Waals surface area contributed by atoms with Crippen LogP contribution in [0.15, 0.2) is 33.5 Å². The number of amides is 3. The van der Waals surface area contributed by atoms with Gasteiger partial charge in [-0.2, -0.15) is 13.2 Å². The summed E-state index contributed by atoms with van der Waals surface area (Å²) in [7, 11) is 0. The zero-order valence-corrected chi connectivity index (χ0v) is 21.6. The molecule has 1 aromatic heterocycles. The number of carbonyl (C=O) groups excluding carboxylic acids is 3. The molecule has 2 fully saturated rings. The highest BCUT2D eigenvalue weighted by atomic mass is 32.2. The van der Waals surface area contributed by atoms with E-state index in [4.69, 9.17) is 10.8 Å². The molecule has 0 radical (unpaired) electrons. The molecule has 3 amide bonds. The lowest BCUT2D eigenvalue weighted by molar-refractivity contribution is -0.156. The van der Waals surface area contributed by atoms with Crippen LogP contribution in [0.5, 0.6) is 0 Å². The van der Waals surface area contributed by atoms with Crippen molar-refractivity contribution < 1.29 is 52.2 Å². The molecule has 3 aliphatic heterocycles. The number of aromatic nitrogens is 1. The van der Waals surface area contributed by atoms with Gasteiger partial charge in [0.25, 0.3) is 11.8 Å². The number of anilines is 1. The maximum Gasteiger partial charge on any atom is 0.406 e. The highest BCUT2D eigenvalue weighted by Crippen LogP contribution is 2.41. The van der Waals surface area contributed by atoms with Crippen LogP contribution >= 0.6 is 23.1 Å². The number of nitrogens with two attached hydrogens (primary N) is 1. The zero-order chi connectivity index (χ0) is 29.4. The van der Waals surface area contributed by atoms with Crippen molar-refractivity contribution in [3.8, 4) is 0 Å². The predicted molar refractivity (Wildman–Crippen MR) is 132 cm³/mol. The summed E-state index contributed by atoms with van der Waals surface area (Å²) in [5, 5.41) is 25.0. The first-order chi connectivity index (χ1) is 18.8. The monoisotopic (exact) mass is 604 g/mol. The summed E-state index contributed by atoms with van der Waals surface area (Å²) in [5.41, 5.74) is 4.65. The van der Waals surface area contributed by atoms with Gasteiger partial charge < -0.3 is 31.0 Å². The summed E-state index contributed by atoms with van der Waals surface area (Å²) in [6.45, 7) is -2.49. The Hall–Kier alpha value is -4.13. The topological polar surface area (TPSA) is 205 Å². The van der Waals surface area contributed by atoms with Crippen LogP contribution in [0.25, 0.3) is 0 Å². The van der Waals surface area contributed by atoms with Crippen LogP contribution in [0.2, 0.25) is 0 Å². The average molecular weight is 605 g/mol. The molecular weight excluding hydrogens is 585 g/mol. The van der Waals surface area contributed by atoms with Gasteiger partial charge in [-0.3, -0.25) is 19.3 Å². The molecule has 4 rings (SSSR count). The van der Waals surface area contributed by atoms with Gasteiger partial charge in [-0.25, -0.2) is 14.6 Å². The average Bonchev–Trinajstić information content (AvgIpc) is 3.44. The van der Waals surface area contributed by atoms with Crippen LogP contribution in [0, 0.1) is 0 Å². The summed E-state index contributed by atoms with van der Waals surface area (Å²) in [5.74, 6) is -5.54. The van der Waals surface area contributed by atoms with Crippen molar-refractivity contribution in [3.63, 3.8) is 0 Å². The molecule has 4 heterocycles. The summed E-state index contributed by atoms with van der Waals surface area (Å²) in [6.07, 6.45) is -3.42. The molecule has 40 heavy (non-hydrogen) atoms. The number of β-lactam (4-membered cyclic amide) rings is 1. The van der Waals surface area contributed by atoms with E-state index in [0.29, 0.717) is 4.90 Å². The standard InChI is InChI=1S/C21H19F3N6O8S2/c22-21(23,24)7-29-2-1-8(16(29)34)3-9-5-39-18-13(17(35)30(18)14(9)19(36)37)27-15(33)12(28-38-4-11(31)32)10-6-40-20(25)26-10/h3,6,13,18H,1-2,4-5,7H2,(H2,25,26)(H,27,33)(H,31,32)(H,36,37)/t13-,18-/m1/s1. The zero-order valence-electron chi connectivity index (χ0n) is 20.0. The van der Waals surface area contributed by atoms with E-state index in [0.717, 1.165) is 28.0 Å². The van der Waals surface area contributed by atoms with E-state index < -0.39 is 71.8 Å². The molecule has 2 atom stereocenters. The molecule has 5 N–H and O–H groups in total. The van der Waals surface area contributed by atoms with Crippen molar-refractivity contribution in [2.24, 2.45) is 5.16 Å². The normalized spacial score (nSPS) is 22.4. The number of nitrogens with one attached hydrogen (secondary N) is 1. The number of likely N-dealkylation sites (tertiary alicyclic amines) is 1. The third-order valence-corrected chi connectivity index (χ3v) is 7.72. The Morgan fingerprint density at radius 1 is 1.30 bits per heavy atom. The maximum atomic E-state index is 13.0. The van der Waals surface area contributed by atoms with E-state index in [-0.39, 0.29) is 40.7 Å². The molecule has 0 bridgehead atoms. The number of halogens is 3. The fourth-order valence-corrected chi connectivity index (χ4v) is 5.95. The molecule has 0 aromatic carbocycles. The van der Waals surface area contributed by atoms with Crippen molar-refractivity contribution >= 4 is 63.6 Å². The van der Waals surface area contributed by atoms with Gasteiger partial charge in [0.15, 0.2) is 10.8 Å². The quantitative estimate of drug-likeness (QED) is 0.128. The molecule has 14 nitrogen and oxygen atoms in total. The second-order valence-corrected chi connectivity index (χ2v) is 10.5. The molecule has 0 saturated carbocycles. The summed E-state index contributed by atoms with van der Waals surface area (Å²) in [4.78, 5) is 71.2. The number of carbonyl (C=O) groups is 5. The summed E-state index contributed by atoms with van der Waals surface area (Å²) < 4.78 is 38.2. The number of rotatable bonds is 9. The Labute approximate surface area is 230 Å². The summed E-state index contributed by atoms with van der Waals surface area (Å²) >= 11 is 2.02. The molecule has 2 saturated heterocycles. The van der Waals surface area contributed by atoms with Crippen molar-refractivity contribution in [2.45, 2.75) is 24.0 Å². The van der Waals surface area contributed by atoms with Crippen molar-refractivity contribution in [1.29, 1.82) is 0 Å². The number of thiazole rings is 1. The van der Waals surface area contributed by atoms with E-state index in [1.165, 1.54) is 11.5 Å². The first kappa shape index (κ1) is 28.9. The first-order valence-corrected chi connectivity index (χ1v) is 13.1. The Kier molecular flexibility index (Phi) is 8.05. The van der Waals surface area contributed by atoms with Crippen LogP contribution < -0.4 is 11.1 Å². The number of nitrogens with zero attached hydrogens (tertiary/aromatic N) is 4. The third kappa shape index (κ3) is 6.03. The Morgan fingerprint density at radius 2 is 2.02 bits per heavy atom. The second-order valence-electron chi connectivity index (χ2n) is 8.48. The van der Waals surface area contributed by atoms with Crippen LogP contribution in [-0.4, -0.2) is 103 Å². The second kappa shape index (κ2) is 11.2. The number of thioether (sulfide) groups is 1. The van der Waals surface area contributed by atoms with E-state index in [2.05, 4.69) is 20.3 Å². The number of allylic oxidation sites excluding steroid dienone is 1. The maximum absolute atomic E-state index is 13.0. The van der Waals surface area contributed by atoms with Gasteiger partial charge in [0.1, 0.15) is 29.4 Å². The number of hydrogen-bond donors (Lipinski definition) is 4. The lowest BCUT2D eigenvalue weighted by Crippen LogP contribution is -2.71. The van der Waals surface area contributed by atoms with Crippen LogP contribution in [-0.2, 0) is 28.8 Å². The van der Waals surface area contributed by atoms with Gasteiger partial charge in [-0.05, 0) is 18.1 Å². The van der Waals surface area contributed by atoms with E-state index in [1.807, 2.05) is 0 Å². The summed E-state index contributed by atoms with van der Waals surface area (Å²) in [6, 6.07) is -1.21. The molecule has 214 valence electrons. The Balaban J connectivity index is 1.52. The molecule has 0 spiro atoms. The SMILES string of the molecule is Nc1nc(C(=NOCC(=O)O)C(=O)N[C@@H]2C(=O)N3C(C(=O)O)=C(C=C4CCN(CC(F)(F)F)C4=O)CS[C@H]23)cs1. The number of aliphatic carboxylic acids is 2. The fourth-order valence-electron chi connectivity index (χ4n) is 4.10. The van der Waals surface area contributed by atoms with Crippen LogP contribution in [0.1, 0.15) is 12.1 Å². The number of nitrogen functional groups attached to an aromatic ring is 1. The van der Waals surface area contributed by atoms with Gasteiger partial charge in [-0.1, -0.05) is 5.16 Å². The Morgan fingerprint density at radius 3 is 2.62 bits per heavy atom. The largest absolute Gasteiger partial charge is 0.479 e. The number of oxime groups is 1. The van der Waals surface area contributed by atoms with E-state index in [1.54, 1.807) is 0 Å². The molecular formula is C21H19F3N6O8S2. The molecule has 19 heteroatoms. The molecule has 1 aromatic rings.